The Kier molecular flexibility index (Phi) is 3.41. The molecule has 0 spiro atoms. The van der Waals surface area contributed by atoms with E-state index in [1.54, 1.807) is 19.2 Å². The zero-order chi connectivity index (χ0) is 14.0. The molecule has 0 radical (unpaired) electrons. The first-order valence-electron chi connectivity index (χ1n) is 5.39. The summed E-state index contributed by atoms with van der Waals surface area (Å²) in [6.07, 6.45) is 2.95. The molecule has 6 heteroatoms. The lowest BCUT2D eigenvalue weighted by molar-refractivity contribution is 0.0697. The molecule has 1 aromatic heterocycles. The summed E-state index contributed by atoms with van der Waals surface area (Å²) in [5.41, 5.74) is 0.384. The van der Waals surface area contributed by atoms with Gasteiger partial charge in [-0.15, -0.1) is 0 Å². The zero-order valence-electron chi connectivity index (χ0n) is 9.95. The molecule has 2 aromatic rings. The lowest BCUT2D eigenvalue weighted by Gasteiger charge is -2.12. The minimum Gasteiger partial charge on any atom is -0.478 e. The van der Waals surface area contributed by atoms with E-state index in [0.29, 0.717) is 5.69 Å². The third-order valence-electron chi connectivity index (χ3n) is 2.62. The van der Waals surface area contributed by atoms with Crippen molar-refractivity contribution in [3.05, 3.63) is 53.4 Å². The van der Waals surface area contributed by atoms with Gasteiger partial charge in [0.1, 0.15) is 0 Å². The fourth-order valence-corrected chi connectivity index (χ4v) is 1.58. The van der Waals surface area contributed by atoms with Gasteiger partial charge in [-0.05, 0) is 30.7 Å². The second-order valence-corrected chi connectivity index (χ2v) is 3.90. The van der Waals surface area contributed by atoms with Crippen LogP contribution in [0.5, 0.6) is 0 Å². The summed E-state index contributed by atoms with van der Waals surface area (Å²) in [7, 11) is 0. The molecular weight excluding hydrogens is 254 g/mol. The van der Waals surface area contributed by atoms with Gasteiger partial charge in [-0.25, -0.2) is 13.6 Å². The normalized spacial score (nSPS) is 10.3. The molecule has 98 valence electrons. The van der Waals surface area contributed by atoms with Gasteiger partial charge in [-0.3, -0.25) is 4.98 Å². The molecule has 0 bridgehead atoms. The number of carboxylic acid groups (broad SMARTS) is 1. The number of anilines is 2. The second-order valence-electron chi connectivity index (χ2n) is 3.90. The number of rotatable bonds is 3. The van der Waals surface area contributed by atoms with Crippen molar-refractivity contribution < 1.29 is 18.7 Å². The van der Waals surface area contributed by atoms with Crippen LogP contribution in [0.4, 0.5) is 20.2 Å². The minimum absolute atomic E-state index is 0.345. The summed E-state index contributed by atoms with van der Waals surface area (Å²) in [5, 5.41) is 11.6. The predicted molar refractivity (Wildman–Crippen MR) is 65.6 cm³/mol. The maximum atomic E-state index is 13.7. The number of carboxylic acids is 1. The van der Waals surface area contributed by atoms with Crippen molar-refractivity contribution in [1.29, 1.82) is 0 Å². The van der Waals surface area contributed by atoms with E-state index in [1.165, 1.54) is 6.20 Å². The third-order valence-corrected chi connectivity index (χ3v) is 2.62. The molecule has 2 N–H and O–H groups in total. The smallest absolute Gasteiger partial charge is 0.337 e. The molecule has 0 atom stereocenters. The maximum Gasteiger partial charge on any atom is 0.337 e. The van der Waals surface area contributed by atoms with Crippen LogP contribution in [-0.4, -0.2) is 16.1 Å². The second kappa shape index (κ2) is 5.01. The molecule has 1 aromatic carbocycles. The number of carbonyl (C=O) groups is 1. The first kappa shape index (κ1) is 12.9. The summed E-state index contributed by atoms with van der Waals surface area (Å²) in [4.78, 5) is 14.9. The standard InChI is InChI=1S/C13H10F2N2O2/c1-7-4-5-16-6-10(7)17-12-8(13(18)19)2-3-9(14)11(12)15/h2-6,17H,1H3,(H,18,19). The number of benzene rings is 1. The van der Waals surface area contributed by atoms with Crippen molar-refractivity contribution in [2.45, 2.75) is 6.92 Å². The van der Waals surface area contributed by atoms with Crippen LogP contribution in [0.25, 0.3) is 0 Å². The Hall–Kier alpha value is -2.50. The van der Waals surface area contributed by atoms with E-state index in [4.69, 9.17) is 5.11 Å². The van der Waals surface area contributed by atoms with E-state index in [1.807, 2.05) is 0 Å². The summed E-state index contributed by atoms with van der Waals surface area (Å²) >= 11 is 0. The van der Waals surface area contributed by atoms with Gasteiger partial charge in [0.25, 0.3) is 0 Å². The largest absolute Gasteiger partial charge is 0.478 e. The molecule has 0 aliphatic rings. The number of aryl methyl sites for hydroxylation is 1. The van der Waals surface area contributed by atoms with Crippen LogP contribution < -0.4 is 5.32 Å². The predicted octanol–water partition coefficient (Wildman–Crippen LogP) is 3.11. The highest BCUT2D eigenvalue weighted by atomic mass is 19.2. The van der Waals surface area contributed by atoms with Crippen LogP contribution in [0, 0.1) is 18.6 Å². The van der Waals surface area contributed by atoms with Gasteiger partial charge in [-0.2, -0.15) is 0 Å². The van der Waals surface area contributed by atoms with Gasteiger partial charge < -0.3 is 10.4 Å². The van der Waals surface area contributed by atoms with Crippen LogP contribution in [0.1, 0.15) is 15.9 Å². The van der Waals surface area contributed by atoms with Crippen molar-refractivity contribution in [2.75, 3.05) is 5.32 Å². The van der Waals surface area contributed by atoms with Gasteiger partial charge in [0.15, 0.2) is 11.6 Å². The van der Waals surface area contributed by atoms with E-state index in [-0.39, 0.29) is 5.56 Å². The molecule has 0 saturated carbocycles. The maximum absolute atomic E-state index is 13.7. The van der Waals surface area contributed by atoms with E-state index in [0.717, 1.165) is 17.7 Å². The first-order chi connectivity index (χ1) is 9.00. The highest BCUT2D eigenvalue weighted by Gasteiger charge is 2.18. The Labute approximate surface area is 107 Å². The molecular formula is C13H10F2N2O2. The van der Waals surface area contributed by atoms with Crippen molar-refractivity contribution in [1.82, 2.24) is 4.98 Å². The highest BCUT2D eigenvalue weighted by molar-refractivity contribution is 5.95. The van der Waals surface area contributed by atoms with Gasteiger partial charge in [0, 0.05) is 6.20 Å². The van der Waals surface area contributed by atoms with E-state index in [2.05, 4.69) is 10.3 Å². The number of halogens is 2. The number of aromatic nitrogens is 1. The first-order valence-corrected chi connectivity index (χ1v) is 5.39. The summed E-state index contributed by atoms with van der Waals surface area (Å²) in [6.45, 7) is 1.74. The number of nitrogens with one attached hydrogen (secondary N) is 1. The van der Waals surface area contributed by atoms with E-state index in [9.17, 15) is 13.6 Å². The fourth-order valence-electron chi connectivity index (χ4n) is 1.58. The monoisotopic (exact) mass is 264 g/mol. The van der Waals surface area contributed by atoms with Gasteiger partial charge in [0.2, 0.25) is 0 Å². The number of hydrogen-bond donors (Lipinski definition) is 2. The number of pyridine rings is 1. The topological polar surface area (TPSA) is 62.2 Å². The summed E-state index contributed by atoms with van der Waals surface area (Å²) in [5.74, 6) is -3.69. The molecule has 0 saturated heterocycles. The van der Waals surface area contributed by atoms with Crippen LogP contribution >= 0.6 is 0 Å². The van der Waals surface area contributed by atoms with Gasteiger partial charge in [-0.1, -0.05) is 0 Å². The van der Waals surface area contributed by atoms with Crippen molar-refractivity contribution >= 4 is 17.3 Å². The molecule has 0 unspecified atom stereocenters. The van der Waals surface area contributed by atoms with Crippen LogP contribution in [0.15, 0.2) is 30.6 Å². The Morgan fingerprint density at radius 3 is 2.68 bits per heavy atom. The molecule has 0 amide bonds. The highest BCUT2D eigenvalue weighted by Crippen LogP contribution is 2.27. The Morgan fingerprint density at radius 2 is 2.05 bits per heavy atom. The lowest BCUT2D eigenvalue weighted by Crippen LogP contribution is -2.07. The molecule has 0 aliphatic carbocycles. The van der Waals surface area contributed by atoms with Crippen molar-refractivity contribution in [2.24, 2.45) is 0 Å². The number of nitrogens with zero attached hydrogens (tertiary/aromatic N) is 1. The van der Waals surface area contributed by atoms with Gasteiger partial charge in [0.05, 0.1) is 23.1 Å². The molecule has 4 nitrogen and oxygen atoms in total. The lowest BCUT2D eigenvalue weighted by atomic mass is 10.1. The van der Waals surface area contributed by atoms with Gasteiger partial charge >= 0.3 is 5.97 Å². The minimum atomic E-state index is -1.34. The SMILES string of the molecule is Cc1ccncc1Nc1c(C(=O)O)ccc(F)c1F. The Morgan fingerprint density at radius 1 is 1.32 bits per heavy atom. The quantitative estimate of drug-likeness (QED) is 0.894. The number of hydrogen-bond acceptors (Lipinski definition) is 3. The van der Waals surface area contributed by atoms with Crippen LogP contribution in [0.2, 0.25) is 0 Å². The third kappa shape index (κ3) is 2.52. The fraction of sp³-hybridized carbons (Fsp3) is 0.0769. The zero-order valence-corrected chi connectivity index (χ0v) is 9.95. The average molecular weight is 264 g/mol. The van der Waals surface area contributed by atoms with Crippen molar-refractivity contribution in [3.63, 3.8) is 0 Å². The Bertz CT molecular complexity index is 645. The van der Waals surface area contributed by atoms with E-state index >= 15 is 0 Å². The molecule has 2 rings (SSSR count). The molecule has 1 heterocycles. The van der Waals surface area contributed by atoms with E-state index < -0.39 is 23.3 Å². The van der Waals surface area contributed by atoms with Crippen molar-refractivity contribution in [3.8, 4) is 0 Å². The molecule has 0 fully saturated rings. The molecule has 0 aliphatic heterocycles. The summed E-state index contributed by atoms with van der Waals surface area (Å²) < 4.78 is 26.9. The van der Waals surface area contributed by atoms with Crippen LogP contribution in [-0.2, 0) is 0 Å². The summed E-state index contributed by atoms with van der Waals surface area (Å²) in [6, 6.07) is 3.45. The average Bonchev–Trinajstić information content (AvgIpc) is 2.37. The number of aromatic carboxylic acids is 1. The Balaban J connectivity index is 2.53. The molecule has 19 heavy (non-hydrogen) atoms. The van der Waals surface area contributed by atoms with Crippen LogP contribution in [0.3, 0.4) is 0 Å².